The van der Waals surface area contributed by atoms with Crippen LogP contribution in [0.3, 0.4) is 0 Å². The van der Waals surface area contributed by atoms with Crippen LogP contribution in [0.1, 0.15) is 44.9 Å². The first-order valence-electron chi connectivity index (χ1n) is 6.73. The van der Waals surface area contributed by atoms with Crippen molar-refractivity contribution in [2.24, 2.45) is 0 Å². The van der Waals surface area contributed by atoms with E-state index in [9.17, 15) is 0 Å². The number of hydrogen-bond donors (Lipinski definition) is 1. The van der Waals surface area contributed by atoms with Crippen molar-refractivity contribution in [3.63, 3.8) is 0 Å². The van der Waals surface area contributed by atoms with E-state index in [2.05, 4.69) is 37.1 Å². The summed E-state index contributed by atoms with van der Waals surface area (Å²) in [5, 5.41) is 3.54. The van der Waals surface area contributed by atoms with Gasteiger partial charge in [-0.25, -0.2) is 0 Å². The summed E-state index contributed by atoms with van der Waals surface area (Å²) < 4.78 is 5.62. The second kappa shape index (κ2) is 5.69. The van der Waals surface area contributed by atoms with E-state index in [1.807, 2.05) is 6.26 Å². The molecule has 1 aromatic heterocycles. The molecule has 0 bridgehead atoms. The molecule has 0 saturated heterocycles. The van der Waals surface area contributed by atoms with E-state index in [0.29, 0.717) is 6.04 Å². The van der Waals surface area contributed by atoms with E-state index in [-0.39, 0.29) is 0 Å². The van der Waals surface area contributed by atoms with Crippen LogP contribution in [0.5, 0.6) is 0 Å². The molecule has 3 heteroatoms. The molecule has 1 aliphatic rings. The van der Waals surface area contributed by atoms with Gasteiger partial charge in [0, 0.05) is 24.2 Å². The minimum absolute atomic E-state index is 0.564. The number of nitrogens with zero attached hydrogens (tertiary/aromatic N) is 1. The Hall–Kier alpha value is -0.800. The van der Waals surface area contributed by atoms with E-state index in [4.69, 9.17) is 4.42 Å². The minimum Gasteiger partial charge on any atom is -0.468 e. The molecule has 1 saturated carbocycles. The maximum absolute atomic E-state index is 5.62. The van der Waals surface area contributed by atoms with Gasteiger partial charge in [-0.1, -0.05) is 6.92 Å². The topological polar surface area (TPSA) is 28.4 Å². The van der Waals surface area contributed by atoms with Gasteiger partial charge in [0.15, 0.2) is 0 Å². The lowest BCUT2D eigenvalue weighted by Gasteiger charge is -2.24. The fraction of sp³-hybridized carbons (Fsp3) is 0.714. The van der Waals surface area contributed by atoms with Crippen LogP contribution in [0.25, 0.3) is 0 Å². The molecular weight excluding hydrogens is 212 g/mol. The van der Waals surface area contributed by atoms with Crippen molar-refractivity contribution in [1.29, 1.82) is 0 Å². The van der Waals surface area contributed by atoms with Gasteiger partial charge in [0.25, 0.3) is 0 Å². The molecule has 0 aromatic carbocycles. The van der Waals surface area contributed by atoms with Crippen LogP contribution in [-0.2, 0) is 13.1 Å². The van der Waals surface area contributed by atoms with E-state index in [0.717, 1.165) is 31.4 Å². The molecule has 1 aliphatic carbocycles. The van der Waals surface area contributed by atoms with Gasteiger partial charge in [-0.15, -0.1) is 0 Å². The Morgan fingerprint density at radius 2 is 2.24 bits per heavy atom. The van der Waals surface area contributed by atoms with E-state index >= 15 is 0 Å². The molecule has 0 unspecified atom stereocenters. The second-order valence-corrected chi connectivity index (χ2v) is 5.18. The first kappa shape index (κ1) is 12.7. The fourth-order valence-electron chi connectivity index (χ4n) is 2.05. The maximum Gasteiger partial charge on any atom is 0.122 e. The van der Waals surface area contributed by atoms with Crippen molar-refractivity contribution in [2.45, 2.75) is 58.8 Å². The number of hydrogen-bond acceptors (Lipinski definition) is 3. The van der Waals surface area contributed by atoms with Crippen LogP contribution in [0, 0.1) is 0 Å². The highest BCUT2D eigenvalue weighted by atomic mass is 16.3. The molecule has 1 N–H and O–H groups in total. The van der Waals surface area contributed by atoms with Gasteiger partial charge >= 0.3 is 0 Å². The van der Waals surface area contributed by atoms with Crippen molar-refractivity contribution in [3.05, 3.63) is 23.7 Å². The third-order valence-electron chi connectivity index (χ3n) is 3.48. The van der Waals surface area contributed by atoms with Gasteiger partial charge in [-0.3, -0.25) is 4.90 Å². The van der Waals surface area contributed by atoms with Gasteiger partial charge in [0.1, 0.15) is 5.76 Å². The molecule has 0 amide bonds. The third-order valence-corrected chi connectivity index (χ3v) is 3.48. The molecule has 2 rings (SSSR count). The monoisotopic (exact) mass is 236 g/mol. The van der Waals surface area contributed by atoms with Gasteiger partial charge in [-0.2, -0.15) is 0 Å². The third kappa shape index (κ3) is 3.58. The summed E-state index contributed by atoms with van der Waals surface area (Å²) in [5.74, 6) is 1.12. The normalized spacial score (nSPS) is 16.1. The Bertz CT molecular complexity index is 342. The second-order valence-electron chi connectivity index (χ2n) is 5.18. The molecule has 1 fully saturated rings. The van der Waals surface area contributed by atoms with Crippen molar-refractivity contribution >= 4 is 0 Å². The summed E-state index contributed by atoms with van der Waals surface area (Å²) in [6, 6.07) is 3.42. The summed E-state index contributed by atoms with van der Waals surface area (Å²) in [6.45, 7) is 9.59. The summed E-state index contributed by atoms with van der Waals surface area (Å²) in [4.78, 5) is 2.42. The molecular formula is C14H24N2O. The standard InChI is InChI=1S/C14H24N2O/c1-4-16(11(2)3)10-14-12(7-8-17-14)9-15-13-5-6-13/h7-8,11,13,15H,4-6,9-10H2,1-3H3. The molecule has 1 aromatic rings. The van der Waals surface area contributed by atoms with Crippen molar-refractivity contribution < 1.29 is 4.42 Å². The smallest absolute Gasteiger partial charge is 0.122 e. The molecule has 3 nitrogen and oxygen atoms in total. The van der Waals surface area contributed by atoms with E-state index in [1.54, 1.807) is 0 Å². The van der Waals surface area contributed by atoms with Crippen LogP contribution in [-0.4, -0.2) is 23.5 Å². The van der Waals surface area contributed by atoms with Crippen LogP contribution in [0.4, 0.5) is 0 Å². The molecule has 17 heavy (non-hydrogen) atoms. The maximum atomic E-state index is 5.62. The Labute approximate surface area is 104 Å². The van der Waals surface area contributed by atoms with E-state index in [1.165, 1.54) is 18.4 Å². The minimum atomic E-state index is 0.564. The Balaban J connectivity index is 1.91. The summed E-state index contributed by atoms with van der Waals surface area (Å²) in [5.41, 5.74) is 1.32. The predicted octanol–water partition coefficient (Wildman–Crippen LogP) is 2.76. The predicted molar refractivity (Wildman–Crippen MR) is 69.8 cm³/mol. The summed E-state index contributed by atoms with van der Waals surface area (Å²) in [6.07, 6.45) is 4.48. The molecule has 0 atom stereocenters. The zero-order valence-electron chi connectivity index (χ0n) is 11.2. The first-order valence-corrected chi connectivity index (χ1v) is 6.73. The zero-order chi connectivity index (χ0) is 12.3. The highest BCUT2D eigenvalue weighted by Crippen LogP contribution is 2.21. The highest BCUT2D eigenvalue weighted by Gasteiger charge is 2.21. The lowest BCUT2D eigenvalue weighted by atomic mass is 10.2. The highest BCUT2D eigenvalue weighted by molar-refractivity contribution is 5.17. The van der Waals surface area contributed by atoms with Crippen LogP contribution in [0.2, 0.25) is 0 Å². The number of nitrogens with one attached hydrogen (secondary N) is 1. The fourth-order valence-corrected chi connectivity index (χ4v) is 2.05. The first-order chi connectivity index (χ1) is 8.20. The molecule has 96 valence electrons. The molecule has 0 aliphatic heterocycles. The van der Waals surface area contributed by atoms with Crippen LogP contribution < -0.4 is 5.32 Å². The van der Waals surface area contributed by atoms with Crippen molar-refractivity contribution in [2.75, 3.05) is 6.54 Å². The van der Waals surface area contributed by atoms with Crippen LogP contribution >= 0.6 is 0 Å². The Kier molecular flexibility index (Phi) is 4.24. The van der Waals surface area contributed by atoms with Gasteiger partial charge in [0.05, 0.1) is 12.8 Å². The average Bonchev–Trinajstić information content (AvgIpc) is 3.03. The Morgan fingerprint density at radius 3 is 2.82 bits per heavy atom. The van der Waals surface area contributed by atoms with Crippen LogP contribution in [0.15, 0.2) is 16.7 Å². The largest absolute Gasteiger partial charge is 0.468 e. The van der Waals surface area contributed by atoms with E-state index < -0.39 is 0 Å². The summed E-state index contributed by atoms with van der Waals surface area (Å²) in [7, 11) is 0. The summed E-state index contributed by atoms with van der Waals surface area (Å²) >= 11 is 0. The molecule has 1 heterocycles. The zero-order valence-corrected chi connectivity index (χ0v) is 11.2. The quantitative estimate of drug-likeness (QED) is 0.789. The number of furan rings is 1. The van der Waals surface area contributed by atoms with Crippen molar-refractivity contribution in [3.8, 4) is 0 Å². The molecule has 0 spiro atoms. The SMILES string of the molecule is CCN(Cc1occc1CNC1CC1)C(C)C. The number of rotatable bonds is 7. The van der Waals surface area contributed by atoms with Gasteiger partial charge < -0.3 is 9.73 Å². The van der Waals surface area contributed by atoms with Gasteiger partial charge in [0.2, 0.25) is 0 Å². The molecule has 0 radical (unpaired) electrons. The average molecular weight is 236 g/mol. The lowest BCUT2D eigenvalue weighted by Crippen LogP contribution is -2.30. The van der Waals surface area contributed by atoms with Gasteiger partial charge in [-0.05, 0) is 39.3 Å². The van der Waals surface area contributed by atoms with Crippen molar-refractivity contribution in [1.82, 2.24) is 10.2 Å². The Morgan fingerprint density at radius 1 is 1.47 bits per heavy atom. The lowest BCUT2D eigenvalue weighted by molar-refractivity contribution is 0.206.